The van der Waals surface area contributed by atoms with Gasteiger partial charge >= 0.3 is 0 Å². The molecule has 2 aliphatic heterocycles. The highest BCUT2D eigenvalue weighted by atomic mass is 16.2. The summed E-state index contributed by atoms with van der Waals surface area (Å²) in [7, 11) is 0. The zero-order valence-electron chi connectivity index (χ0n) is 18.0. The molecule has 0 radical (unpaired) electrons. The van der Waals surface area contributed by atoms with Crippen molar-refractivity contribution in [2.24, 2.45) is 5.92 Å². The second-order valence-electron chi connectivity index (χ2n) is 8.25. The highest BCUT2D eigenvalue weighted by Gasteiger charge is 2.31. The van der Waals surface area contributed by atoms with Crippen LogP contribution < -0.4 is 21.3 Å². The maximum Gasteiger partial charge on any atom is 0.245 e. The molecule has 4 N–H and O–H groups in total. The fraction of sp³-hybridized carbons (Fsp3) is 0.750. The molecule has 2 saturated heterocycles. The summed E-state index contributed by atoms with van der Waals surface area (Å²) in [5.41, 5.74) is 0. The Hall–Kier alpha value is -2.65. The molecule has 3 atom stereocenters. The Kier molecular flexibility index (Phi) is 8.61. The predicted octanol–water partition coefficient (Wildman–Crippen LogP) is -0.961. The molecule has 0 aromatic rings. The number of nitrogens with zero attached hydrogens (tertiary/aromatic N) is 1. The molecular weight excluding hydrogens is 390 g/mol. The number of hydrogen-bond acceptors (Lipinski definition) is 5. The highest BCUT2D eigenvalue weighted by Crippen LogP contribution is 2.11. The SMILES string of the molecule is CC(C)[C@H]1NC(=O)[C@@H](C)NC(=O)CCCN(C(=O)[C@H]2CCC(=O)N2)CCCNC1=O. The van der Waals surface area contributed by atoms with Crippen LogP contribution in [0.4, 0.5) is 0 Å². The highest BCUT2D eigenvalue weighted by molar-refractivity contribution is 5.92. The van der Waals surface area contributed by atoms with Gasteiger partial charge in [0.2, 0.25) is 29.5 Å². The van der Waals surface area contributed by atoms with Crippen LogP contribution in [0, 0.1) is 5.92 Å². The summed E-state index contributed by atoms with van der Waals surface area (Å²) in [6.45, 7) is 6.35. The van der Waals surface area contributed by atoms with Crippen molar-refractivity contribution in [3.63, 3.8) is 0 Å². The fourth-order valence-corrected chi connectivity index (χ4v) is 3.57. The largest absolute Gasteiger partial charge is 0.354 e. The molecule has 0 spiro atoms. The van der Waals surface area contributed by atoms with Gasteiger partial charge in [0.25, 0.3) is 0 Å². The number of carbonyl (C=O) groups is 5. The van der Waals surface area contributed by atoms with E-state index >= 15 is 0 Å². The summed E-state index contributed by atoms with van der Waals surface area (Å²) in [4.78, 5) is 63.0. The van der Waals surface area contributed by atoms with Crippen LogP contribution in [0.25, 0.3) is 0 Å². The first-order valence-electron chi connectivity index (χ1n) is 10.6. The first kappa shape index (κ1) is 23.6. The van der Waals surface area contributed by atoms with Gasteiger partial charge in [0, 0.05) is 32.5 Å². The third kappa shape index (κ3) is 6.70. The van der Waals surface area contributed by atoms with Gasteiger partial charge in [-0.1, -0.05) is 13.8 Å². The van der Waals surface area contributed by atoms with Crippen molar-refractivity contribution in [2.75, 3.05) is 19.6 Å². The van der Waals surface area contributed by atoms with Crippen molar-refractivity contribution >= 4 is 29.5 Å². The van der Waals surface area contributed by atoms with Gasteiger partial charge in [-0.05, 0) is 32.1 Å². The summed E-state index contributed by atoms with van der Waals surface area (Å²) in [6, 6.07) is -2.02. The number of hydrogen-bond donors (Lipinski definition) is 4. The van der Waals surface area contributed by atoms with Crippen molar-refractivity contribution in [3.05, 3.63) is 0 Å². The monoisotopic (exact) mass is 423 g/mol. The molecule has 2 rings (SSSR count). The van der Waals surface area contributed by atoms with Crippen LogP contribution in [0.5, 0.6) is 0 Å². The standard InChI is InChI=1S/C20H33N5O5/c1-12(2)17-19(29)21-9-5-11-25(20(30)14-7-8-16(27)23-14)10-4-6-15(26)22-13(3)18(28)24-17/h12-14,17H,4-11H2,1-3H3,(H,21,29)(H,22,26)(H,23,27)(H,24,28)/t13-,14-,17-/m1/s1. The Labute approximate surface area is 176 Å². The zero-order valence-corrected chi connectivity index (χ0v) is 18.0. The molecule has 0 unspecified atom stereocenters. The summed E-state index contributed by atoms with van der Waals surface area (Å²) in [5.74, 6) is -1.43. The molecule has 0 aliphatic carbocycles. The van der Waals surface area contributed by atoms with Crippen LogP contribution in [0.2, 0.25) is 0 Å². The molecule has 0 bridgehead atoms. The lowest BCUT2D eigenvalue weighted by Gasteiger charge is -2.26. The van der Waals surface area contributed by atoms with Gasteiger partial charge in [0.05, 0.1) is 0 Å². The second-order valence-corrected chi connectivity index (χ2v) is 8.25. The molecule has 5 amide bonds. The van der Waals surface area contributed by atoms with E-state index in [9.17, 15) is 24.0 Å². The van der Waals surface area contributed by atoms with Gasteiger partial charge in [0.1, 0.15) is 18.1 Å². The van der Waals surface area contributed by atoms with E-state index in [0.29, 0.717) is 45.3 Å². The number of rotatable bonds is 2. The van der Waals surface area contributed by atoms with E-state index in [1.54, 1.807) is 11.8 Å². The molecule has 2 fully saturated rings. The second kappa shape index (κ2) is 10.9. The molecule has 2 heterocycles. The van der Waals surface area contributed by atoms with Crippen LogP contribution in [0.1, 0.15) is 52.9 Å². The number of amides is 5. The predicted molar refractivity (Wildman–Crippen MR) is 109 cm³/mol. The van der Waals surface area contributed by atoms with Gasteiger partial charge in [-0.3, -0.25) is 24.0 Å². The third-order valence-corrected chi connectivity index (χ3v) is 5.36. The molecule has 2 aliphatic rings. The fourth-order valence-electron chi connectivity index (χ4n) is 3.57. The molecule has 30 heavy (non-hydrogen) atoms. The van der Waals surface area contributed by atoms with E-state index in [2.05, 4.69) is 21.3 Å². The maximum absolute atomic E-state index is 12.8. The van der Waals surface area contributed by atoms with Gasteiger partial charge in [-0.2, -0.15) is 0 Å². The summed E-state index contributed by atoms with van der Waals surface area (Å²) in [6.07, 6.45) is 1.93. The van der Waals surface area contributed by atoms with Crippen LogP contribution in [0.3, 0.4) is 0 Å². The Morgan fingerprint density at radius 2 is 1.60 bits per heavy atom. The van der Waals surface area contributed by atoms with Crippen LogP contribution in [0.15, 0.2) is 0 Å². The van der Waals surface area contributed by atoms with Crippen molar-refractivity contribution in [1.29, 1.82) is 0 Å². The molecule has 0 aromatic heterocycles. The van der Waals surface area contributed by atoms with Crippen LogP contribution in [-0.2, 0) is 24.0 Å². The van der Waals surface area contributed by atoms with Crippen LogP contribution >= 0.6 is 0 Å². The first-order valence-corrected chi connectivity index (χ1v) is 10.6. The summed E-state index contributed by atoms with van der Waals surface area (Å²) >= 11 is 0. The summed E-state index contributed by atoms with van der Waals surface area (Å²) < 4.78 is 0. The van der Waals surface area contributed by atoms with Crippen molar-refractivity contribution < 1.29 is 24.0 Å². The molecule has 168 valence electrons. The van der Waals surface area contributed by atoms with E-state index < -0.39 is 24.0 Å². The molecule has 0 aromatic carbocycles. The normalized spacial score (nSPS) is 27.5. The smallest absolute Gasteiger partial charge is 0.245 e. The Morgan fingerprint density at radius 3 is 2.23 bits per heavy atom. The Morgan fingerprint density at radius 1 is 0.933 bits per heavy atom. The van der Waals surface area contributed by atoms with Crippen molar-refractivity contribution in [2.45, 2.75) is 71.0 Å². The van der Waals surface area contributed by atoms with E-state index in [4.69, 9.17) is 0 Å². The van der Waals surface area contributed by atoms with Gasteiger partial charge < -0.3 is 26.2 Å². The van der Waals surface area contributed by atoms with E-state index in [1.807, 2.05) is 13.8 Å². The molecule has 0 saturated carbocycles. The number of carbonyl (C=O) groups excluding carboxylic acids is 5. The average Bonchev–Trinajstić information content (AvgIpc) is 3.12. The van der Waals surface area contributed by atoms with Crippen molar-refractivity contribution in [3.8, 4) is 0 Å². The zero-order chi connectivity index (χ0) is 22.3. The van der Waals surface area contributed by atoms with Gasteiger partial charge in [-0.15, -0.1) is 0 Å². The molecule has 10 nitrogen and oxygen atoms in total. The maximum atomic E-state index is 12.8. The third-order valence-electron chi connectivity index (χ3n) is 5.36. The minimum Gasteiger partial charge on any atom is -0.354 e. The van der Waals surface area contributed by atoms with E-state index in [0.717, 1.165) is 0 Å². The Bertz CT molecular complexity index is 680. The topological polar surface area (TPSA) is 137 Å². The lowest BCUT2D eigenvalue weighted by Crippen LogP contribution is -2.54. The van der Waals surface area contributed by atoms with Gasteiger partial charge in [-0.25, -0.2) is 0 Å². The first-order chi connectivity index (χ1) is 14.2. The van der Waals surface area contributed by atoms with E-state index in [-0.39, 0.29) is 36.0 Å². The Balaban J connectivity index is 2.08. The minimum absolute atomic E-state index is 0.128. The van der Waals surface area contributed by atoms with Gasteiger partial charge in [0.15, 0.2) is 0 Å². The van der Waals surface area contributed by atoms with Crippen LogP contribution in [-0.4, -0.2) is 72.2 Å². The minimum atomic E-state index is -0.775. The average molecular weight is 424 g/mol. The lowest BCUT2D eigenvalue weighted by atomic mass is 10.0. The number of nitrogens with one attached hydrogen (secondary N) is 4. The lowest BCUT2D eigenvalue weighted by molar-refractivity contribution is -0.134. The quantitative estimate of drug-likeness (QED) is 0.453. The molecular formula is C20H33N5O5. The molecule has 10 heteroatoms. The summed E-state index contributed by atoms with van der Waals surface area (Å²) in [5, 5.41) is 10.8. The van der Waals surface area contributed by atoms with Crippen molar-refractivity contribution in [1.82, 2.24) is 26.2 Å². The van der Waals surface area contributed by atoms with E-state index in [1.165, 1.54) is 0 Å².